The number of carbonyl (C=O) groups excluding carboxylic acids is 1. The van der Waals surface area contributed by atoms with Crippen molar-refractivity contribution in [2.75, 3.05) is 12.4 Å². The Morgan fingerprint density at radius 2 is 1.92 bits per heavy atom. The first-order valence-corrected chi connectivity index (χ1v) is 8.89. The van der Waals surface area contributed by atoms with Crippen molar-refractivity contribution >= 4 is 21.6 Å². The van der Waals surface area contributed by atoms with Crippen LogP contribution in [0.1, 0.15) is 24.0 Å². The first kappa shape index (κ1) is 16.6. The summed E-state index contributed by atoms with van der Waals surface area (Å²) in [5.41, 5.74) is 1.58. The Morgan fingerprint density at radius 1 is 1.21 bits per heavy atom. The summed E-state index contributed by atoms with van der Waals surface area (Å²) < 4.78 is 40.3. The molecule has 0 saturated heterocycles. The van der Waals surface area contributed by atoms with Crippen LogP contribution < -0.4 is 5.32 Å². The fourth-order valence-electron chi connectivity index (χ4n) is 2.69. The standard InChI is InChI=1S/C17H17FN2O3S/c1-11-14-9-13(7-8-16(14)19-17(11)21)24(22,23)20(2)10-12-5-3-4-6-15(12)18/h3-9,11H,10H2,1-2H3,(H,19,21)/t11-/m1/s1. The Balaban J connectivity index is 1.91. The van der Waals surface area contributed by atoms with Gasteiger partial charge in [0.05, 0.1) is 10.8 Å². The number of amides is 1. The van der Waals surface area contributed by atoms with Gasteiger partial charge in [0.2, 0.25) is 15.9 Å². The van der Waals surface area contributed by atoms with E-state index in [0.29, 0.717) is 16.8 Å². The van der Waals surface area contributed by atoms with E-state index in [1.165, 1.54) is 25.2 Å². The van der Waals surface area contributed by atoms with Crippen molar-refractivity contribution in [2.45, 2.75) is 24.3 Å². The molecule has 5 nitrogen and oxygen atoms in total. The molecule has 1 aliphatic heterocycles. The van der Waals surface area contributed by atoms with Gasteiger partial charge in [-0.3, -0.25) is 4.79 Å². The van der Waals surface area contributed by atoms with E-state index in [2.05, 4.69) is 5.32 Å². The predicted octanol–water partition coefficient (Wildman–Crippen LogP) is 2.70. The van der Waals surface area contributed by atoms with Crippen LogP contribution in [0.2, 0.25) is 0 Å². The van der Waals surface area contributed by atoms with Crippen LogP contribution >= 0.6 is 0 Å². The van der Waals surface area contributed by atoms with Crippen molar-refractivity contribution in [2.24, 2.45) is 0 Å². The van der Waals surface area contributed by atoms with Crippen molar-refractivity contribution in [3.8, 4) is 0 Å². The van der Waals surface area contributed by atoms with Gasteiger partial charge in [-0.15, -0.1) is 0 Å². The second-order valence-corrected chi connectivity index (χ2v) is 7.86. The number of benzene rings is 2. The van der Waals surface area contributed by atoms with Gasteiger partial charge in [-0.2, -0.15) is 4.31 Å². The molecule has 1 N–H and O–H groups in total. The van der Waals surface area contributed by atoms with E-state index in [-0.39, 0.29) is 17.3 Å². The largest absolute Gasteiger partial charge is 0.325 e. The molecule has 0 spiro atoms. The maximum absolute atomic E-state index is 13.7. The molecule has 0 unspecified atom stereocenters. The van der Waals surface area contributed by atoms with Crippen LogP contribution in [0.5, 0.6) is 0 Å². The molecule has 1 atom stereocenters. The third-order valence-corrected chi connectivity index (χ3v) is 6.00. The number of anilines is 1. The van der Waals surface area contributed by atoms with Gasteiger partial charge < -0.3 is 5.32 Å². The van der Waals surface area contributed by atoms with E-state index in [4.69, 9.17) is 0 Å². The molecule has 0 saturated carbocycles. The summed E-state index contributed by atoms with van der Waals surface area (Å²) >= 11 is 0. The van der Waals surface area contributed by atoms with E-state index in [9.17, 15) is 17.6 Å². The van der Waals surface area contributed by atoms with Gasteiger partial charge >= 0.3 is 0 Å². The van der Waals surface area contributed by atoms with Gasteiger partial charge in [-0.25, -0.2) is 12.8 Å². The van der Waals surface area contributed by atoms with Gasteiger partial charge in [0.25, 0.3) is 0 Å². The molecular formula is C17H17FN2O3S. The molecule has 24 heavy (non-hydrogen) atoms. The molecule has 0 aromatic heterocycles. The van der Waals surface area contributed by atoms with Crippen molar-refractivity contribution < 1.29 is 17.6 Å². The fourth-order valence-corrected chi connectivity index (χ4v) is 3.87. The quantitative estimate of drug-likeness (QED) is 0.924. The number of nitrogens with one attached hydrogen (secondary N) is 1. The third kappa shape index (κ3) is 2.81. The van der Waals surface area contributed by atoms with E-state index >= 15 is 0 Å². The highest BCUT2D eigenvalue weighted by Crippen LogP contribution is 2.34. The maximum Gasteiger partial charge on any atom is 0.243 e. The molecule has 0 bridgehead atoms. The number of hydrogen-bond donors (Lipinski definition) is 1. The fraction of sp³-hybridized carbons (Fsp3) is 0.235. The zero-order chi connectivity index (χ0) is 17.5. The van der Waals surface area contributed by atoms with Gasteiger partial charge in [-0.1, -0.05) is 18.2 Å². The second kappa shape index (κ2) is 5.99. The summed E-state index contributed by atoms with van der Waals surface area (Å²) in [6.45, 7) is 1.65. The van der Waals surface area contributed by atoms with E-state index < -0.39 is 21.8 Å². The Labute approximate surface area is 140 Å². The van der Waals surface area contributed by atoms with Gasteiger partial charge in [-0.05, 0) is 36.8 Å². The zero-order valence-electron chi connectivity index (χ0n) is 13.3. The van der Waals surface area contributed by atoms with Crippen LogP contribution in [0.15, 0.2) is 47.4 Å². The lowest BCUT2D eigenvalue weighted by Gasteiger charge is -2.18. The third-order valence-electron chi connectivity index (χ3n) is 4.20. The van der Waals surface area contributed by atoms with Crippen molar-refractivity contribution in [1.29, 1.82) is 0 Å². The molecule has 3 rings (SSSR count). The Kier molecular flexibility index (Phi) is 4.15. The molecule has 1 aliphatic rings. The Bertz CT molecular complexity index is 912. The molecular weight excluding hydrogens is 331 g/mol. The molecule has 2 aromatic rings. The van der Waals surface area contributed by atoms with Crippen molar-refractivity contribution in [3.05, 3.63) is 59.4 Å². The lowest BCUT2D eigenvalue weighted by atomic mass is 10.0. The molecule has 1 heterocycles. The summed E-state index contributed by atoms with van der Waals surface area (Å²) in [5.74, 6) is -0.997. The highest BCUT2D eigenvalue weighted by atomic mass is 32.2. The number of carbonyl (C=O) groups is 1. The summed E-state index contributed by atoms with van der Waals surface area (Å²) in [4.78, 5) is 11.8. The van der Waals surface area contributed by atoms with Crippen LogP contribution in [0.25, 0.3) is 0 Å². The highest BCUT2D eigenvalue weighted by Gasteiger charge is 2.29. The molecule has 2 aromatic carbocycles. The molecule has 0 radical (unpaired) electrons. The van der Waals surface area contributed by atoms with Crippen LogP contribution in [0.3, 0.4) is 0 Å². The highest BCUT2D eigenvalue weighted by molar-refractivity contribution is 7.89. The number of nitrogens with zero attached hydrogens (tertiary/aromatic N) is 1. The summed E-state index contributed by atoms with van der Waals surface area (Å²) in [6, 6.07) is 10.6. The number of rotatable bonds is 4. The minimum atomic E-state index is -3.79. The lowest BCUT2D eigenvalue weighted by molar-refractivity contribution is -0.116. The summed E-state index contributed by atoms with van der Waals surface area (Å²) in [6.07, 6.45) is 0. The molecule has 0 aliphatic carbocycles. The van der Waals surface area contributed by atoms with Crippen molar-refractivity contribution in [3.63, 3.8) is 0 Å². The second-order valence-electron chi connectivity index (χ2n) is 5.81. The number of hydrogen-bond acceptors (Lipinski definition) is 3. The maximum atomic E-state index is 13.7. The summed E-state index contributed by atoms with van der Waals surface area (Å²) in [5, 5.41) is 2.71. The molecule has 1 amide bonds. The minimum Gasteiger partial charge on any atom is -0.325 e. The minimum absolute atomic E-state index is 0.0706. The van der Waals surface area contributed by atoms with Gasteiger partial charge in [0.15, 0.2) is 0 Å². The predicted molar refractivity (Wildman–Crippen MR) is 88.5 cm³/mol. The average Bonchev–Trinajstić information content (AvgIpc) is 2.84. The first-order valence-electron chi connectivity index (χ1n) is 7.45. The van der Waals surface area contributed by atoms with Crippen LogP contribution in [-0.2, 0) is 21.4 Å². The topological polar surface area (TPSA) is 66.5 Å². The van der Waals surface area contributed by atoms with Gasteiger partial charge in [0.1, 0.15) is 5.82 Å². The van der Waals surface area contributed by atoms with E-state index in [1.807, 2.05) is 0 Å². The Morgan fingerprint density at radius 3 is 2.62 bits per heavy atom. The average molecular weight is 348 g/mol. The van der Waals surface area contributed by atoms with Crippen molar-refractivity contribution in [1.82, 2.24) is 4.31 Å². The summed E-state index contributed by atoms with van der Waals surface area (Å²) in [7, 11) is -2.38. The lowest BCUT2D eigenvalue weighted by Crippen LogP contribution is -2.27. The van der Waals surface area contributed by atoms with E-state index in [1.54, 1.807) is 31.2 Å². The first-order chi connectivity index (χ1) is 11.3. The van der Waals surface area contributed by atoms with Gasteiger partial charge in [0, 0.05) is 24.8 Å². The van der Waals surface area contributed by atoms with Crippen LogP contribution in [0.4, 0.5) is 10.1 Å². The molecule has 7 heteroatoms. The molecule has 0 fully saturated rings. The SMILES string of the molecule is C[C@H]1C(=O)Nc2ccc(S(=O)(=O)N(C)Cc3ccccc3F)cc21. The Hall–Kier alpha value is -2.25. The van der Waals surface area contributed by atoms with Crippen LogP contribution in [0, 0.1) is 5.82 Å². The monoisotopic (exact) mass is 348 g/mol. The molecule has 126 valence electrons. The number of fused-ring (bicyclic) bond motifs is 1. The van der Waals surface area contributed by atoms with Crippen LogP contribution in [-0.4, -0.2) is 25.7 Å². The number of sulfonamides is 1. The number of halogens is 1. The normalized spacial score (nSPS) is 17.0. The van der Waals surface area contributed by atoms with E-state index in [0.717, 1.165) is 4.31 Å². The smallest absolute Gasteiger partial charge is 0.243 e. The zero-order valence-corrected chi connectivity index (χ0v) is 14.1.